The number of hydrogen-bond acceptors (Lipinski definition) is 5. The van der Waals surface area contributed by atoms with Gasteiger partial charge in [0, 0.05) is 22.4 Å². The van der Waals surface area contributed by atoms with Crippen LogP contribution in [0.15, 0.2) is 35.5 Å². The first-order chi connectivity index (χ1) is 9.16. The van der Waals surface area contributed by atoms with E-state index >= 15 is 0 Å². The van der Waals surface area contributed by atoms with Crippen molar-refractivity contribution < 1.29 is 0 Å². The lowest BCUT2D eigenvalue weighted by atomic mass is 10.2. The summed E-state index contributed by atoms with van der Waals surface area (Å²) in [6.45, 7) is 4.05. The molecule has 0 saturated carbocycles. The number of aryl methyl sites for hydroxylation is 1. The first kappa shape index (κ1) is 12.3. The molecule has 2 aromatic heterocycles. The van der Waals surface area contributed by atoms with E-state index in [2.05, 4.69) is 27.0 Å². The molecule has 0 spiro atoms. The highest BCUT2D eigenvalue weighted by Gasteiger charge is 2.31. The molecule has 1 aliphatic heterocycles. The van der Waals surface area contributed by atoms with Gasteiger partial charge in [-0.05, 0) is 26.0 Å². The van der Waals surface area contributed by atoms with Crippen LogP contribution in [0, 0.1) is 6.92 Å². The van der Waals surface area contributed by atoms with Gasteiger partial charge < -0.3 is 5.73 Å². The molecule has 0 amide bonds. The van der Waals surface area contributed by atoms with E-state index in [1.54, 1.807) is 18.0 Å². The molecule has 0 bridgehead atoms. The zero-order chi connectivity index (χ0) is 13.4. The minimum Gasteiger partial charge on any atom is -0.302 e. The van der Waals surface area contributed by atoms with Gasteiger partial charge in [-0.25, -0.2) is 4.98 Å². The van der Waals surface area contributed by atoms with Crippen LogP contribution in [0.25, 0.3) is 5.70 Å². The van der Waals surface area contributed by atoms with Crippen molar-refractivity contribution in [3.05, 3.63) is 46.8 Å². The number of aromatic nitrogens is 3. The maximum atomic E-state index is 6.22. The maximum absolute atomic E-state index is 6.22. The lowest BCUT2D eigenvalue weighted by Crippen LogP contribution is -2.35. The zero-order valence-electron chi connectivity index (χ0n) is 10.8. The number of nitrogens with two attached hydrogens (primary N) is 1. The smallest absolute Gasteiger partial charge is 0.135 e. The number of nitrogens with zero attached hydrogens (tertiary/aromatic N) is 3. The minimum absolute atomic E-state index is 0.154. The molecule has 1 atom stereocenters. The molecular weight excluding hydrogens is 258 g/mol. The normalized spacial score (nSPS) is 19.3. The van der Waals surface area contributed by atoms with E-state index in [1.807, 2.05) is 31.3 Å². The van der Waals surface area contributed by atoms with Gasteiger partial charge in [-0.15, -0.1) is 0 Å². The molecule has 0 aromatic carbocycles. The number of thioether (sulfide) groups is 1. The maximum Gasteiger partial charge on any atom is 0.135 e. The lowest BCUT2D eigenvalue weighted by molar-refractivity contribution is 0.911. The second-order valence-electron chi connectivity index (χ2n) is 4.41. The Morgan fingerprint density at radius 2 is 2.21 bits per heavy atom. The van der Waals surface area contributed by atoms with Gasteiger partial charge in [-0.1, -0.05) is 17.8 Å². The van der Waals surface area contributed by atoms with Crippen LogP contribution in [0.3, 0.4) is 0 Å². The SMILES string of the molecule is CC1=C(c2cn[nH]c2)N(c2cccc(C)n2)C(N)S1. The second-order valence-corrected chi connectivity index (χ2v) is 5.74. The Morgan fingerprint density at radius 3 is 2.89 bits per heavy atom. The highest BCUT2D eigenvalue weighted by atomic mass is 32.2. The molecule has 0 radical (unpaired) electrons. The van der Waals surface area contributed by atoms with E-state index in [4.69, 9.17) is 5.73 Å². The van der Waals surface area contributed by atoms with E-state index < -0.39 is 0 Å². The fourth-order valence-corrected chi connectivity index (χ4v) is 3.23. The third kappa shape index (κ3) is 2.13. The largest absolute Gasteiger partial charge is 0.302 e. The van der Waals surface area contributed by atoms with Crippen LogP contribution in [-0.4, -0.2) is 20.7 Å². The van der Waals surface area contributed by atoms with Crippen LogP contribution in [0.4, 0.5) is 5.82 Å². The van der Waals surface area contributed by atoms with Crippen LogP contribution in [-0.2, 0) is 0 Å². The number of pyridine rings is 1. The molecule has 3 heterocycles. The Hall–Kier alpha value is -1.79. The van der Waals surface area contributed by atoms with Crippen LogP contribution >= 0.6 is 11.8 Å². The Bertz CT molecular complexity index is 620. The fourth-order valence-electron chi connectivity index (χ4n) is 2.22. The number of rotatable bonds is 2. The van der Waals surface area contributed by atoms with Crippen molar-refractivity contribution in [3.8, 4) is 0 Å². The van der Waals surface area contributed by atoms with Gasteiger partial charge in [0.2, 0.25) is 0 Å². The summed E-state index contributed by atoms with van der Waals surface area (Å²) in [5, 5.41) is 6.86. The van der Waals surface area contributed by atoms with E-state index in [0.717, 1.165) is 22.8 Å². The second kappa shape index (κ2) is 4.71. The molecule has 1 aliphatic rings. The predicted octanol–water partition coefficient (Wildman–Crippen LogP) is 2.30. The molecular formula is C13H15N5S. The van der Waals surface area contributed by atoms with Crippen LogP contribution < -0.4 is 10.6 Å². The van der Waals surface area contributed by atoms with Gasteiger partial charge in [-0.2, -0.15) is 5.10 Å². The van der Waals surface area contributed by atoms with E-state index in [1.165, 1.54) is 4.91 Å². The predicted molar refractivity (Wildman–Crippen MR) is 78.2 cm³/mol. The van der Waals surface area contributed by atoms with Crippen molar-refractivity contribution in [2.75, 3.05) is 4.90 Å². The average Bonchev–Trinajstić information content (AvgIpc) is 2.96. The molecule has 2 aromatic rings. The van der Waals surface area contributed by atoms with Crippen LogP contribution in [0.2, 0.25) is 0 Å². The first-order valence-corrected chi connectivity index (χ1v) is 6.90. The van der Waals surface area contributed by atoms with Crippen molar-refractivity contribution in [2.24, 2.45) is 5.73 Å². The summed E-state index contributed by atoms with van der Waals surface area (Å²) in [6, 6.07) is 5.95. The molecule has 0 aliphatic carbocycles. The van der Waals surface area contributed by atoms with E-state index in [-0.39, 0.29) is 5.50 Å². The van der Waals surface area contributed by atoms with Gasteiger partial charge in [0.05, 0.1) is 11.9 Å². The molecule has 19 heavy (non-hydrogen) atoms. The topological polar surface area (TPSA) is 70.8 Å². The van der Waals surface area contributed by atoms with E-state index in [0.29, 0.717) is 0 Å². The van der Waals surface area contributed by atoms with Gasteiger partial charge in [0.25, 0.3) is 0 Å². The van der Waals surface area contributed by atoms with Gasteiger partial charge in [0.15, 0.2) is 0 Å². The Morgan fingerprint density at radius 1 is 1.37 bits per heavy atom. The summed E-state index contributed by atoms with van der Waals surface area (Å²) in [5.74, 6) is 0.869. The molecule has 1 unspecified atom stereocenters. The van der Waals surface area contributed by atoms with Crippen molar-refractivity contribution in [1.29, 1.82) is 0 Å². The van der Waals surface area contributed by atoms with E-state index in [9.17, 15) is 0 Å². The van der Waals surface area contributed by atoms with Gasteiger partial charge >= 0.3 is 0 Å². The van der Waals surface area contributed by atoms with Gasteiger partial charge in [-0.3, -0.25) is 10.00 Å². The number of hydrogen-bond donors (Lipinski definition) is 2. The zero-order valence-corrected chi connectivity index (χ0v) is 11.6. The van der Waals surface area contributed by atoms with Crippen LogP contribution in [0.5, 0.6) is 0 Å². The molecule has 0 fully saturated rings. The Kier molecular flexibility index (Phi) is 3.04. The molecule has 0 saturated heterocycles. The highest BCUT2D eigenvalue weighted by Crippen LogP contribution is 2.42. The number of anilines is 1. The summed E-state index contributed by atoms with van der Waals surface area (Å²) in [7, 11) is 0. The average molecular weight is 273 g/mol. The quantitative estimate of drug-likeness (QED) is 0.878. The molecule has 3 rings (SSSR count). The Labute approximate surface area is 115 Å². The Balaban J connectivity index is 2.08. The summed E-state index contributed by atoms with van der Waals surface area (Å²) in [5.41, 5.74) is 9.15. The molecule has 98 valence electrons. The van der Waals surface area contributed by atoms with Crippen molar-refractivity contribution >= 4 is 23.3 Å². The minimum atomic E-state index is -0.154. The third-order valence-corrected chi connectivity index (χ3v) is 4.02. The monoisotopic (exact) mass is 273 g/mol. The van der Waals surface area contributed by atoms with Crippen molar-refractivity contribution in [1.82, 2.24) is 15.2 Å². The first-order valence-electron chi connectivity index (χ1n) is 6.02. The third-order valence-electron chi connectivity index (χ3n) is 3.02. The fraction of sp³-hybridized carbons (Fsp3) is 0.231. The number of aromatic amines is 1. The highest BCUT2D eigenvalue weighted by molar-refractivity contribution is 8.04. The molecule has 3 N–H and O–H groups in total. The number of allylic oxidation sites excluding steroid dienone is 1. The number of nitrogens with one attached hydrogen (secondary N) is 1. The lowest BCUT2D eigenvalue weighted by Gasteiger charge is -2.25. The van der Waals surface area contributed by atoms with Crippen LogP contribution in [0.1, 0.15) is 18.2 Å². The number of H-pyrrole nitrogens is 1. The van der Waals surface area contributed by atoms with Gasteiger partial charge in [0.1, 0.15) is 11.3 Å². The molecule has 5 nitrogen and oxygen atoms in total. The summed E-state index contributed by atoms with van der Waals surface area (Å²) in [6.07, 6.45) is 3.68. The van der Waals surface area contributed by atoms with Crippen molar-refractivity contribution in [2.45, 2.75) is 19.3 Å². The summed E-state index contributed by atoms with van der Waals surface area (Å²) < 4.78 is 0. The molecule has 6 heteroatoms. The summed E-state index contributed by atoms with van der Waals surface area (Å²) >= 11 is 1.64. The van der Waals surface area contributed by atoms with Crippen molar-refractivity contribution in [3.63, 3.8) is 0 Å². The summed E-state index contributed by atoms with van der Waals surface area (Å²) in [4.78, 5) is 7.80. The standard InChI is InChI=1S/C13H15N5S/c1-8-4-3-5-11(17-8)18-12(9(2)19-13(18)14)10-6-15-16-7-10/h3-7,13H,14H2,1-2H3,(H,15,16).